The zero-order valence-electron chi connectivity index (χ0n) is 6.38. The Morgan fingerprint density at radius 2 is 2.30 bits per heavy atom. The van der Waals surface area contributed by atoms with Crippen LogP contribution in [0, 0.1) is 5.92 Å². The van der Waals surface area contributed by atoms with Crippen molar-refractivity contribution in [1.29, 1.82) is 0 Å². The summed E-state index contributed by atoms with van der Waals surface area (Å²) in [5, 5.41) is 0. The fourth-order valence-corrected chi connectivity index (χ4v) is 1.90. The maximum atomic E-state index is 5.56. The summed E-state index contributed by atoms with van der Waals surface area (Å²) in [5.41, 5.74) is 0. The summed E-state index contributed by atoms with van der Waals surface area (Å²) in [6.45, 7) is 4.04. The van der Waals surface area contributed by atoms with Gasteiger partial charge in [0.15, 0.2) is 0 Å². The number of ether oxygens (including phenoxy) is 2. The van der Waals surface area contributed by atoms with Crippen molar-refractivity contribution in [3.05, 3.63) is 0 Å². The van der Waals surface area contributed by atoms with E-state index in [1.807, 2.05) is 0 Å². The predicted octanol–water partition coefficient (Wildman–Crippen LogP) is 1.20. The van der Waals surface area contributed by atoms with E-state index in [1.165, 1.54) is 6.42 Å². The van der Waals surface area contributed by atoms with Gasteiger partial charge in [0.1, 0.15) is 0 Å². The third-order valence-corrected chi connectivity index (χ3v) is 2.59. The Hall–Kier alpha value is -0.0800. The summed E-state index contributed by atoms with van der Waals surface area (Å²) in [4.78, 5) is 0. The van der Waals surface area contributed by atoms with Gasteiger partial charge in [0.25, 0.3) is 0 Å². The highest BCUT2D eigenvalue weighted by atomic mass is 16.6. The first-order valence-electron chi connectivity index (χ1n) is 4.15. The molecule has 2 aliphatic heterocycles. The third-order valence-electron chi connectivity index (χ3n) is 2.59. The number of fused-ring (bicyclic) bond motifs is 1. The van der Waals surface area contributed by atoms with Crippen LogP contribution in [0.1, 0.15) is 19.8 Å². The Bertz CT molecular complexity index is 124. The van der Waals surface area contributed by atoms with Crippen LogP contribution < -0.4 is 0 Å². The van der Waals surface area contributed by atoms with Crippen molar-refractivity contribution in [2.24, 2.45) is 5.92 Å². The minimum atomic E-state index is 0.435. The molecule has 2 aliphatic rings. The van der Waals surface area contributed by atoms with Crippen molar-refractivity contribution in [3.63, 3.8) is 0 Å². The molecule has 0 saturated carbocycles. The summed E-state index contributed by atoms with van der Waals surface area (Å²) in [6.07, 6.45) is 3.18. The number of rotatable bonds is 1. The van der Waals surface area contributed by atoms with Gasteiger partial charge in [-0.05, 0) is 12.8 Å². The monoisotopic (exact) mass is 142 g/mol. The van der Waals surface area contributed by atoms with E-state index in [9.17, 15) is 0 Å². The van der Waals surface area contributed by atoms with Crippen LogP contribution in [-0.2, 0) is 9.47 Å². The van der Waals surface area contributed by atoms with Gasteiger partial charge in [-0.2, -0.15) is 0 Å². The number of hydrogen-bond acceptors (Lipinski definition) is 2. The van der Waals surface area contributed by atoms with Gasteiger partial charge in [0, 0.05) is 12.5 Å². The zero-order valence-corrected chi connectivity index (χ0v) is 6.38. The summed E-state index contributed by atoms with van der Waals surface area (Å²) in [6, 6.07) is 0. The molecule has 3 atom stereocenters. The topological polar surface area (TPSA) is 18.5 Å². The van der Waals surface area contributed by atoms with E-state index in [-0.39, 0.29) is 0 Å². The first-order chi connectivity index (χ1) is 4.92. The van der Waals surface area contributed by atoms with Gasteiger partial charge >= 0.3 is 0 Å². The fourth-order valence-electron chi connectivity index (χ4n) is 1.90. The molecule has 0 aromatic heterocycles. The maximum Gasteiger partial charge on any atom is 0.0887 e. The molecule has 2 heterocycles. The second kappa shape index (κ2) is 2.51. The number of hydrogen-bond donors (Lipinski definition) is 0. The Balaban J connectivity index is 2.01. The molecular weight excluding hydrogens is 128 g/mol. The third kappa shape index (κ3) is 0.867. The molecule has 0 spiro atoms. The van der Waals surface area contributed by atoms with Crippen LogP contribution in [0.3, 0.4) is 0 Å². The quantitative estimate of drug-likeness (QED) is 0.547. The van der Waals surface area contributed by atoms with Gasteiger partial charge in [-0.1, -0.05) is 6.92 Å². The van der Waals surface area contributed by atoms with Gasteiger partial charge in [-0.25, -0.2) is 0 Å². The molecular formula is C8H14O2. The molecule has 2 nitrogen and oxygen atoms in total. The Labute approximate surface area is 61.5 Å². The van der Waals surface area contributed by atoms with Gasteiger partial charge in [-0.15, -0.1) is 0 Å². The standard InChI is InChI=1S/C8H14O2/c1-2-6-5-10-7-3-4-9-8(6)7/h6-8H,2-5H2,1H3/t6-,7+,8+/m0/s1. The molecule has 0 radical (unpaired) electrons. The maximum absolute atomic E-state index is 5.56. The Kier molecular flexibility index (Phi) is 1.66. The molecule has 58 valence electrons. The van der Waals surface area contributed by atoms with E-state index < -0.39 is 0 Å². The molecule has 0 aromatic rings. The molecule has 0 N–H and O–H groups in total. The Morgan fingerprint density at radius 1 is 1.40 bits per heavy atom. The lowest BCUT2D eigenvalue weighted by atomic mass is 10.00. The van der Waals surface area contributed by atoms with Crippen LogP contribution >= 0.6 is 0 Å². The Morgan fingerprint density at radius 3 is 3.10 bits per heavy atom. The van der Waals surface area contributed by atoms with E-state index in [1.54, 1.807) is 0 Å². The van der Waals surface area contributed by atoms with Crippen molar-refractivity contribution in [2.45, 2.75) is 32.0 Å². The molecule has 0 bridgehead atoms. The van der Waals surface area contributed by atoms with E-state index >= 15 is 0 Å². The average molecular weight is 142 g/mol. The van der Waals surface area contributed by atoms with Crippen LogP contribution in [-0.4, -0.2) is 25.4 Å². The van der Waals surface area contributed by atoms with Gasteiger partial charge < -0.3 is 9.47 Å². The largest absolute Gasteiger partial charge is 0.375 e. The normalized spacial score (nSPS) is 45.9. The van der Waals surface area contributed by atoms with Crippen molar-refractivity contribution in [3.8, 4) is 0 Å². The average Bonchev–Trinajstić information content (AvgIpc) is 2.44. The first-order valence-corrected chi connectivity index (χ1v) is 4.15. The molecule has 2 fully saturated rings. The predicted molar refractivity (Wildman–Crippen MR) is 37.9 cm³/mol. The zero-order chi connectivity index (χ0) is 6.97. The van der Waals surface area contributed by atoms with Crippen molar-refractivity contribution in [2.75, 3.05) is 13.2 Å². The molecule has 0 amide bonds. The minimum Gasteiger partial charge on any atom is -0.375 e. The van der Waals surface area contributed by atoms with Gasteiger partial charge in [-0.3, -0.25) is 0 Å². The highest BCUT2D eigenvalue weighted by Gasteiger charge is 2.40. The molecule has 0 aromatic carbocycles. The smallest absolute Gasteiger partial charge is 0.0887 e. The van der Waals surface area contributed by atoms with Crippen LogP contribution in [0.25, 0.3) is 0 Å². The van der Waals surface area contributed by atoms with Crippen LogP contribution in [0.15, 0.2) is 0 Å². The SMILES string of the molecule is CC[C@H]1CO[C@@H]2CCO[C@H]12. The van der Waals surface area contributed by atoms with E-state index in [2.05, 4.69) is 6.92 Å². The van der Waals surface area contributed by atoms with Crippen molar-refractivity contribution < 1.29 is 9.47 Å². The van der Waals surface area contributed by atoms with Crippen LogP contribution in [0.5, 0.6) is 0 Å². The highest BCUT2D eigenvalue weighted by Crippen LogP contribution is 2.32. The summed E-state index contributed by atoms with van der Waals surface area (Å²) < 4.78 is 11.1. The van der Waals surface area contributed by atoms with E-state index in [0.29, 0.717) is 18.1 Å². The molecule has 0 unspecified atom stereocenters. The van der Waals surface area contributed by atoms with Crippen molar-refractivity contribution in [1.82, 2.24) is 0 Å². The lowest BCUT2D eigenvalue weighted by Crippen LogP contribution is -2.21. The lowest BCUT2D eigenvalue weighted by molar-refractivity contribution is 0.0630. The molecule has 0 aliphatic carbocycles. The molecule has 2 rings (SSSR count). The fraction of sp³-hybridized carbons (Fsp3) is 1.00. The molecule has 2 heteroatoms. The van der Waals surface area contributed by atoms with E-state index in [4.69, 9.17) is 9.47 Å². The van der Waals surface area contributed by atoms with Crippen molar-refractivity contribution >= 4 is 0 Å². The van der Waals surface area contributed by atoms with Crippen LogP contribution in [0.2, 0.25) is 0 Å². The van der Waals surface area contributed by atoms with E-state index in [0.717, 1.165) is 19.6 Å². The molecule has 10 heavy (non-hydrogen) atoms. The second-order valence-electron chi connectivity index (χ2n) is 3.16. The minimum absolute atomic E-state index is 0.435. The summed E-state index contributed by atoms with van der Waals surface area (Å²) in [7, 11) is 0. The molecule has 2 saturated heterocycles. The lowest BCUT2D eigenvalue weighted by Gasteiger charge is -2.12. The first kappa shape index (κ1) is 6.62. The highest BCUT2D eigenvalue weighted by molar-refractivity contribution is 4.87. The van der Waals surface area contributed by atoms with Gasteiger partial charge in [0.2, 0.25) is 0 Å². The van der Waals surface area contributed by atoms with Gasteiger partial charge in [0.05, 0.1) is 18.8 Å². The summed E-state index contributed by atoms with van der Waals surface area (Å²) in [5.74, 6) is 0.674. The summed E-state index contributed by atoms with van der Waals surface area (Å²) >= 11 is 0. The second-order valence-corrected chi connectivity index (χ2v) is 3.16. The van der Waals surface area contributed by atoms with Crippen LogP contribution in [0.4, 0.5) is 0 Å².